The smallest absolute Gasteiger partial charge is 0.248 e. The molecule has 1 saturated heterocycles. The maximum atomic E-state index is 13.4. The molecule has 7 rings (SSSR count). The number of hydrogen-bond acceptors (Lipinski definition) is 8. The summed E-state index contributed by atoms with van der Waals surface area (Å²) >= 11 is 0. The van der Waals surface area contributed by atoms with Crippen LogP contribution in [0.15, 0.2) is 36.4 Å². The first-order valence-corrected chi connectivity index (χ1v) is 14.8. The second-order valence-corrected chi connectivity index (χ2v) is 12.4. The van der Waals surface area contributed by atoms with E-state index in [2.05, 4.69) is 32.0 Å². The number of nitrogens with zero attached hydrogens (tertiary/aromatic N) is 5. The maximum Gasteiger partial charge on any atom is 0.248 e. The van der Waals surface area contributed by atoms with Gasteiger partial charge in [0.1, 0.15) is 6.04 Å². The van der Waals surface area contributed by atoms with Crippen LogP contribution in [-0.4, -0.2) is 67.9 Å². The summed E-state index contributed by atoms with van der Waals surface area (Å²) in [4.78, 5) is 39.6. The van der Waals surface area contributed by atoms with Crippen LogP contribution in [0.2, 0.25) is 0 Å². The van der Waals surface area contributed by atoms with Crippen molar-refractivity contribution >= 4 is 17.7 Å². The van der Waals surface area contributed by atoms with E-state index in [1.165, 1.54) is 0 Å². The Kier molecular flexibility index (Phi) is 6.50. The summed E-state index contributed by atoms with van der Waals surface area (Å²) in [6, 6.07) is 13.0. The molecule has 12 heteroatoms. The molecule has 4 atom stereocenters. The number of fused-ring (bicyclic) bond motifs is 3. The van der Waals surface area contributed by atoms with Gasteiger partial charge in [0.05, 0.1) is 18.0 Å². The molecule has 6 N–H and O–H groups in total. The molecule has 3 fully saturated rings. The summed E-state index contributed by atoms with van der Waals surface area (Å²) in [7, 11) is 0. The maximum absolute atomic E-state index is 13.4. The number of benzene rings is 2. The number of piperidine rings is 1. The van der Waals surface area contributed by atoms with Gasteiger partial charge in [-0.2, -0.15) is 10.5 Å². The van der Waals surface area contributed by atoms with Crippen molar-refractivity contribution in [3.63, 3.8) is 0 Å². The van der Waals surface area contributed by atoms with Gasteiger partial charge in [0.25, 0.3) is 0 Å². The number of tetrazole rings is 1. The third-order valence-electron chi connectivity index (χ3n) is 9.86. The molecule has 3 aromatic rings. The van der Waals surface area contributed by atoms with Gasteiger partial charge in [0, 0.05) is 23.2 Å². The van der Waals surface area contributed by atoms with Crippen molar-refractivity contribution in [1.82, 2.24) is 30.8 Å². The number of aryl methyl sites for hydroxylation is 2. The van der Waals surface area contributed by atoms with Crippen LogP contribution < -0.4 is 16.8 Å². The van der Waals surface area contributed by atoms with E-state index in [0.29, 0.717) is 48.0 Å². The van der Waals surface area contributed by atoms with Crippen LogP contribution in [0.5, 0.6) is 0 Å². The van der Waals surface area contributed by atoms with Gasteiger partial charge in [-0.15, -0.1) is 10.2 Å². The number of nitriles is 1. The molecule has 1 aliphatic heterocycles. The molecular formula is C31H33N9O3. The normalized spacial score (nSPS) is 23.7. The molecule has 4 aliphatic rings. The van der Waals surface area contributed by atoms with Gasteiger partial charge in [0.2, 0.25) is 17.7 Å². The second kappa shape index (κ2) is 10.3. The van der Waals surface area contributed by atoms with E-state index >= 15 is 0 Å². The molecule has 0 spiro atoms. The molecule has 3 aliphatic carbocycles. The predicted octanol–water partition coefficient (Wildman–Crippen LogP) is 1.10. The van der Waals surface area contributed by atoms with E-state index in [9.17, 15) is 19.6 Å². The fourth-order valence-corrected chi connectivity index (χ4v) is 7.52. The molecule has 12 nitrogen and oxygen atoms in total. The number of carbonyl (C=O) groups is 3. The number of aromatic nitrogens is 4. The predicted molar refractivity (Wildman–Crippen MR) is 153 cm³/mol. The lowest BCUT2D eigenvalue weighted by molar-refractivity contribution is -0.131. The lowest BCUT2D eigenvalue weighted by Crippen LogP contribution is -2.48. The Morgan fingerprint density at radius 2 is 1.70 bits per heavy atom. The third kappa shape index (κ3) is 4.64. The highest BCUT2D eigenvalue weighted by molar-refractivity contribution is 5.94. The number of H-pyrrole nitrogens is 1. The quantitative estimate of drug-likeness (QED) is 0.289. The standard InChI is InChI=1S/C31H33N9O3/c32-14-22-11-21-12-26(21)40(22)27(41)15-35-25(16-1-2-16)13-31(30-36-38-39-37-30)23-7-5-19(28(33)42)9-17(23)3-4-18-10-20(29(34)43)6-8-24(18)31/h5-10,16,21-22,25-26,35H,1-4,11-13,15H2,(H2,33,42)(H2,34,43)(H,36,37,38,39)/t21-,22?,25+,26+/m1/s1. The number of hydrogen-bond donors (Lipinski definition) is 4. The van der Waals surface area contributed by atoms with Crippen molar-refractivity contribution in [1.29, 1.82) is 5.26 Å². The van der Waals surface area contributed by atoms with Crippen molar-refractivity contribution in [2.75, 3.05) is 6.54 Å². The van der Waals surface area contributed by atoms with Gasteiger partial charge in [-0.05, 0) is 103 Å². The summed E-state index contributed by atoms with van der Waals surface area (Å²) in [6.07, 6.45) is 5.47. The monoisotopic (exact) mass is 579 g/mol. The lowest BCUT2D eigenvalue weighted by Gasteiger charge is -2.37. The molecular weight excluding hydrogens is 546 g/mol. The Morgan fingerprint density at radius 1 is 1.05 bits per heavy atom. The number of rotatable bonds is 9. The molecule has 1 aromatic heterocycles. The molecule has 0 bridgehead atoms. The Labute approximate surface area is 248 Å². The van der Waals surface area contributed by atoms with Gasteiger partial charge in [-0.25, -0.2) is 0 Å². The van der Waals surface area contributed by atoms with Gasteiger partial charge < -0.3 is 21.7 Å². The zero-order chi connectivity index (χ0) is 29.9. The summed E-state index contributed by atoms with van der Waals surface area (Å²) in [5.41, 5.74) is 14.9. The van der Waals surface area contributed by atoms with Crippen LogP contribution in [-0.2, 0) is 23.1 Å². The summed E-state index contributed by atoms with van der Waals surface area (Å²) in [6.45, 7) is 0.131. The number of nitrogens with two attached hydrogens (primary N) is 2. The highest BCUT2D eigenvalue weighted by Crippen LogP contribution is 2.50. The zero-order valence-electron chi connectivity index (χ0n) is 23.6. The van der Waals surface area contributed by atoms with E-state index < -0.39 is 17.2 Å². The SMILES string of the molecule is N#CC1C[C@@H]2C[C@@H]2N1C(=O)CN[C@@H](CC1(c2nn[nH]n2)c2ccc(C(N)=O)cc2CCc2cc(C(N)=O)ccc21)C1CC1. The average Bonchev–Trinajstić information content (AvgIpc) is 3.91. The van der Waals surface area contributed by atoms with Gasteiger partial charge in [0.15, 0.2) is 5.82 Å². The Bertz CT molecular complexity index is 1590. The van der Waals surface area contributed by atoms with E-state index in [0.717, 1.165) is 47.9 Å². The van der Waals surface area contributed by atoms with Crippen LogP contribution in [0.4, 0.5) is 0 Å². The zero-order valence-corrected chi connectivity index (χ0v) is 23.6. The minimum atomic E-state index is -0.922. The van der Waals surface area contributed by atoms with Crippen molar-refractivity contribution in [2.45, 2.75) is 68.5 Å². The molecule has 0 radical (unpaired) electrons. The Hall–Kier alpha value is -4.63. The van der Waals surface area contributed by atoms with E-state index in [1.54, 1.807) is 17.0 Å². The topological polar surface area (TPSA) is 197 Å². The Balaban J connectivity index is 1.32. The average molecular weight is 580 g/mol. The molecule has 220 valence electrons. The fourth-order valence-electron chi connectivity index (χ4n) is 7.52. The second-order valence-electron chi connectivity index (χ2n) is 12.4. The highest BCUT2D eigenvalue weighted by atomic mass is 16.2. The summed E-state index contributed by atoms with van der Waals surface area (Å²) in [5.74, 6) is 0.160. The summed E-state index contributed by atoms with van der Waals surface area (Å²) < 4.78 is 0. The molecule has 1 unspecified atom stereocenters. The summed E-state index contributed by atoms with van der Waals surface area (Å²) in [5, 5.41) is 28.8. The lowest BCUT2D eigenvalue weighted by atomic mass is 9.67. The number of nitrogens with one attached hydrogen (secondary N) is 2. The number of carbonyl (C=O) groups excluding carboxylic acids is 3. The third-order valence-corrected chi connectivity index (χ3v) is 9.86. The van der Waals surface area contributed by atoms with Crippen LogP contribution in [0.1, 0.15) is 80.9 Å². The number of amides is 3. The van der Waals surface area contributed by atoms with Gasteiger partial charge in [-0.3, -0.25) is 14.4 Å². The number of likely N-dealkylation sites (tertiary alicyclic amines) is 1. The largest absolute Gasteiger partial charge is 0.366 e. The van der Waals surface area contributed by atoms with Crippen LogP contribution in [0, 0.1) is 23.2 Å². The van der Waals surface area contributed by atoms with Crippen molar-refractivity contribution in [3.8, 4) is 6.07 Å². The first-order valence-electron chi connectivity index (χ1n) is 14.8. The van der Waals surface area contributed by atoms with E-state index in [4.69, 9.17) is 11.5 Å². The van der Waals surface area contributed by atoms with E-state index in [-0.39, 0.29) is 30.6 Å². The van der Waals surface area contributed by atoms with Crippen molar-refractivity contribution in [3.05, 3.63) is 75.6 Å². The van der Waals surface area contributed by atoms with Crippen LogP contribution in [0.3, 0.4) is 0 Å². The van der Waals surface area contributed by atoms with Crippen molar-refractivity contribution in [2.24, 2.45) is 23.3 Å². The molecule has 43 heavy (non-hydrogen) atoms. The number of aromatic amines is 1. The molecule has 2 heterocycles. The van der Waals surface area contributed by atoms with Gasteiger partial charge in [-0.1, -0.05) is 17.3 Å². The number of primary amides is 2. The molecule has 3 amide bonds. The van der Waals surface area contributed by atoms with Crippen LogP contribution in [0.25, 0.3) is 0 Å². The minimum absolute atomic E-state index is 0.0466. The van der Waals surface area contributed by atoms with Crippen molar-refractivity contribution < 1.29 is 14.4 Å². The molecule has 2 saturated carbocycles. The first-order chi connectivity index (χ1) is 20.8. The fraction of sp³-hybridized carbons (Fsp3) is 0.452. The highest BCUT2D eigenvalue weighted by Gasteiger charge is 2.54. The van der Waals surface area contributed by atoms with E-state index in [1.807, 2.05) is 24.3 Å². The Morgan fingerprint density at radius 3 is 2.23 bits per heavy atom. The molecule has 2 aromatic carbocycles. The van der Waals surface area contributed by atoms with Crippen LogP contribution >= 0.6 is 0 Å². The minimum Gasteiger partial charge on any atom is -0.366 e. The first kappa shape index (κ1) is 27.2. The van der Waals surface area contributed by atoms with Gasteiger partial charge >= 0.3 is 0 Å².